The fraction of sp³-hybridized carbons (Fsp3) is 0.400. The number of carboxylic acid groups (broad SMARTS) is 1. The Balaban J connectivity index is 3.45. The lowest BCUT2D eigenvalue weighted by Gasteiger charge is -2.33. The maximum atomic E-state index is 12.7. The first kappa shape index (κ1) is 17.4. The summed E-state index contributed by atoms with van der Waals surface area (Å²) in [6.07, 6.45) is 1.51. The molecule has 0 spiro atoms. The molecule has 0 aromatic heterocycles. The van der Waals surface area contributed by atoms with E-state index in [1.54, 1.807) is 27.7 Å². The third kappa shape index (κ3) is 3.71. The lowest BCUT2D eigenvalue weighted by molar-refractivity contribution is 0.0696. The Morgan fingerprint density at radius 2 is 1.95 bits per heavy atom. The Labute approximate surface area is 126 Å². The zero-order valence-corrected chi connectivity index (χ0v) is 13.6. The summed E-state index contributed by atoms with van der Waals surface area (Å²) in [6.45, 7) is 10.7. The largest absolute Gasteiger partial charge is 0.478 e. The monoisotopic (exact) mass is 311 g/mol. The highest BCUT2D eigenvalue weighted by molar-refractivity contribution is 7.89. The van der Waals surface area contributed by atoms with Crippen molar-refractivity contribution in [2.24, 2.45) is 0 Å². The normalized spacial score (nSPS) is 12.4. The minimum Gasteiger partial charge on any atom is -0.478 e. The van der Waals surface area contributed by atoms with Crippen LogP contribution in [0.4, 0.5) is 0 Å². The van der Waals surface area contributed by atoms with Gasteiger partial charge in [0.1, 0.15) is 0 Å². The van der Waals surface area contributed by atoms with Gasteiger partial charge in [-0.2, -0.15) is 4.31 Å². The lowest BCUT2D eigenvalue weighted by Crippen LogP contribution is -2.45. The average molecular weight is 311 g/mol. The molecule has 0 heterocycles. The number of aryl methyl sites for hydroxylation is 1. The smallest absolute Gasteiger partial charge is 0.335 e. The van der Waals surface area contributed by atoms with E-state index in [0.717, 1.165) is 0 Å². The van der Waals surface area contributed by atoms with Gasteiger partial charge >= 0.3 is 5.97 Å². The maximum absolute atomic E-state index is 12.7. The van der Waals surface area contributed by atoms with Crippen LogP contribution in [0, 0.1) is 6.92 Å². The molecule has 0 bridgehead atoms. The molecular formula is C15H21NO4S. The molecule has 0 atom stereocenters. The van der Waals surface area contributed by atoms with Gasteiger partial charge in [-0.1, -0.05) is 12.1 Å². The van der Waals surface area contributed by atoms with Gasteiger partial charge in [-0.25, -0.2) is 13.2 Å². The molecule has 1 aromatic carbocycles. The quantitative estimate of drug-likeness (QED) is 0.848. The number of hydrogen-bond donors (Lipinski definition) is 1. The zero-order valence-electron chi connectivity index (χ0n) is 12.8. The van der Waals surface area contributed by atoms with Crippen LogP contribution in [0.2, 0.25) is 0 Å². The van der Waals surface area contributed by atoms with Crippen molar-refractivity contribution in [3.63, 3.8) is 0 Å². The molecule has 0 saturated heterocycles. The number of carbonyl (C=O) groups is 1. The minimum absolute atomic E-state index is 0.0106. The molecule has 1 aromatic rings. The predicted molar refractivity (Wildman–Crippen MR) is 82.0 cm³/mol. The summed E-state index contributed by atoms with van der Waals surface area (Å²) in [7, 11) is -3.79. The van der Waals surface area contributed by atoms with Crippen molar-refractivity contribution in [1.82, 2.24) is 4.31 Å². The van der Waals surface area contributed by atoms with Gasteiger partial charge in [0.2, 0.25) is 10.0 Å². The Bertz CT molecular complexity index is 657. The number of benzene rings is 1. The molecular weight excluding hydrogens is 290 g/mol. The summed E-state index contributed by atoms with van der Waals surface area (Å²) in [5.41, 5.74) is -0.127. The van der Waals surface area contributed by atoms with Crippen LogP contribution in [0.1, 0.15) is 36.7 Å². The van der Waals surface area contributed by atoms with E-state index < -0.39 is 21.5 Å². The lowest BCUT2D eigenvalue weighted by atomic mass is 10.1. The topological polar surface area (TPSA) is 74.7 Å². The SMILES string of the molecule is C=CCN(C(C)(C)C)S(=O)(=O)c1ccc(C)c(C(=O)O)c1. The first-order valence-electron chi connectivity index (χ1n) is 6.49. The van der Waals surface area contributed by atoms with E-state index in [0.29, 0.717) is 5.56 Å². The number of hydrogen-bond acceptors (Lipinski definition) is 3. The second kappa shape index (κ2) is 5.99. The van der Waals surface area contributed by atoms with E-state index in [9.17, 15) is 13.2 Å². The summed E-state index contributed by atoms with van der Waals surface area (Å²) in [6, 6.07) is 4.14. The fourth-order valence-electron chi connectivity index (χ4n) is 1.97. The van der Waals surface area contributed by atoms with Crippen molar-refractivity contribution >= 4 is 16.0 Å². The van der Waals surface area contributed by atoms with Gasteiger partial charge in [0.25, 0.3) is 0 Å². The molecule has 0 saturated carbocycles. The maximum Gasteiger partial charge on any atom is 0.335 e. The summed E-state index contributed by atoms with van der Waals surface area (Å²) >= 11 is 0. The van der Waals surface area contributed by atoms with Gasteiger partial charge in [-0.15, -0.1) is 6.58 Å². The van der Waals surface area contributed by atoms with Gasteiger partial charge < -0.3 is 5.11 Å². The van der Waals surface area contributed by atoms with Gasteiger partial charge in [0.15, 0.2) is 0 Å². The van der Waals surface area contributed by atoms with Crippen LogP contribution in [0.15, 0.2) is 35.7 Å². The van der Waals surface area contributed by atoms with E-state index >= 15 is 0 Å². The summed E-state index contributed by atoms with van der Waals surface area (Å²) in [5.74, 6) is -1.14. The Hall–Kier alpha value is -1.66. The molecule has 0 aliphatic heterocycles. The van der Waals surface area contributed by atoms with E-state index in [4.69, 9.17) is 5.11 Å². The van der Waals surface area contributed by atoms with Crippen molar-refractivity contribution in [3.8, 4) is 0 Å². The van der Waals surface area contributed by atoms with Crippen LogP contribution in [-0.4, -0.2) is 35.9 Å². The number of sulfonamides is 1. The minimum atomic E-state index is -3.79. The molecule has 6 heteroatoms. The van der Waals surface area contributed by atoms with Crippen LogP contribution >= 0.6 is 0 Å². The average Bonchev–Trinajstić information content (AvgIpc) is 2.34. The van der Waals surface area contributed by atoms with Gasteiger partial charge in [0.05, 0.1) is 10.5 Å². The first-order valence-corrected chi connectivity index (χ1v) is 7.93. The molecule has 1 N–H and O–H groups in total. The zero-order chi connectivity index (χ0) is 16.4. The summed E-state index contributed by atoms with van der Waals surface area (Å²) in [5, 5.41) is 9.13. The van der Waals surface area contributed by atoms with E-state index in [-0.39, 0.29) is 17.0 Å². The second-order valence-corrected chi connectivity index (χ2v) is 7.64. The van der Waals surface area contributed by atoms with E-state index in [2.05, 4.69) is 6.58 Å². The van der Waals surface area contributed by atoms with Gasteiger partial charge in [-0.05, 0) is 45.4 Å². The van der Waals surface area contributed by atoms with E-state index in [1.807, 2.05) is 0 Å². The van der Waals surface area contributed by atoms with Crippen molar-refractivity contribution in [3.05, 3.63) is 42.0 Å². The molecule has 0 unspecified atom stereocenters. The predicted octanol–water partition coefficient (Wildman–Crippen LogP) is 2.67. The molecule has 1 rings (SSSR count). The summed E-state index contributed by atoms with van der Waals surface area (Å²) < 4.78 is 26.8. The number of carboxylic acids is 1. The highest BCUT2D eigenvalue weighted by atomic mass is 32.2. The Morgan fingerprint density at radius 3 is 2.38 bits per heavy atom. The Morgan fingerprint density at radius 1 is 1.38 bits per heavy atom. The number of rotatable bonds is 5. The van der Waals surface area contributed by atoms with Crippen molar-refractivity contribution < 1.29 is 18.3 Å². The van der Waals surface area contributed by atoms with Crippen molar-refractivity contribution in [2.75, 3.05) is 6.54 Å². The molecule has 5 nitrogen and oxygen atoms in total. The molecule has 0 aliphatic carbocycles. The van der Waals surface area contributed by atoms with Crippen LogP contribution in [0.3, 0.4) is 0 Å². The third-order valence-corrected chi connectivity index (χ3v) is 5.20. The van der Waals surface area contributed by atoms with E-state index in [1.165, 1.54) is 28.6 Å². The number of nitrogens with zero attached hydrogens (tertiary/aromatic N) is 1. The van der Waals surface area contributed by atoms with Crippen LogP contribution in [0.5, 0.6) is 0 Å². The second-order valence-electron chi connectivity index (χ2n) is 5.78. The van der Waals surface area contributed by atoms with Gasteiger partial charge in [-0.3, -0.25) is 0 Å². The summed E-state index contributed by atoms with van der Waals surface area (Å²) in [4.78, 5) is 11.1. The molecule has 0 radical (unpaired) electrons. The molecule has 0 amide bonds. The highest BCUT2D eigenvalue weighted by Crippen LogP contribution is 2.25. The molecule has 116 valence electrons. The standard InChI is InChI=1S/C15H21NO4S/c1-6-9-16(15(3,4)5)21(19,20)12-8-7-11(2)13(10-12)14(17)18/h6-8,10H,1,9H2,2-5H3,(H,17,18). The van der Waals surface area contributed by atoms with Crippen molar-refractivity contribution in [1.29, 1.82) is 0 Å². The van der Waals surface area contributed by atoms with Crippen molar-refractivity contribution in [2.45, 2.75) is 38.1 Å². The van der Waals surface area contributed by atoms with Crippen LogP contribution in [0.25, 0.3) is 0 Å². The molecule has 21 heavy (non-hydrogen) atoms. The third-order valence-electron chi connectivity index (χ3n) is 3.07. The number of aromatic carboxylic acids is 1. The van der Waals surface area contributed by atoms with Gasteiger partial charge in [0, 0.05) is 12.1 Å². The van der Waals surface area contributed by atoms with Crippen LogP contribution in [-0.2, 0) is 10.0 Å². The first-order chi connectivity index (χ1) is 9.51. The Kier molecular flexibility index (Phi) is 4.96. The van der Waals surface area contributed by atoms with Crippen LogP contribution < -0.4 is 0 Å². The fourth-order valence-corrected chi connectivity index (χ4v) is 3.75. The molecule has 0 fully saturated rings. The highest BCUT2D eigenvalue weighted by Gasteiger charge is 2.33. The molecule has 0 aliphatic rings.